The maximum Gasteiger partial charge on any atom is 0.272 e. The highest BCUT2D eigenvalue weighted by Gasteiger charge is 2.31. The van der Waals surface area contributed by atoms with Crippen molar-refractivity contribution in [1.29, 1.82) is 5.26 Å². The number of nitrogens with zero attached hydrogens (tertiary/aromatic N) is 4. The number of nitriles is 1. The van der Waals surface area contributed by atoms with E-state index in [2.05, 4.69) is 31.9 Å². The average molecular weight is 337 g/mol. The van der Waals surface area contributed by atoms with Gasteiger partial charge in [0.2, 0.25) is 0 Å². The number of aromatic nitrogens is 1. The summed E-state index contributed by atoms with van der Waals surface area (Å²) in [4.78, 5) is 20.4. The Morgan fingerprint density at radius 1 is 1.35 bits per heavy atom. The number of rotatable bonds is 2. The van der Waals surface area contributed by atoms with Crippen molar-refractivity contribution < 1.29 is 4.79 Å². The maximum absolute atomic E-state index is 12.3. The van der Waals surface area contributed by atoms with Gasteiger partial charge in [0.05, 0.1) is 6.07 Å². The van der Waals surface area contributed by atoms with Gasteiger partial charge in [0, 0.05) is 26.2 Å². The van der Waals surface area contributed by atoms with E-state index in [9.17, 15) is 4.79 Å². The molecule has 0 atom stereocenters. The number of halogens is 1. The highest BCUT2D eigenvalue weighted by molar-refractivity contribution is 9.10. The van der Waals surface area contributed by atoms with Crippen molar-refractivity contribution in [2.24, 2.45) is 0 Å². The zero-order valence-corrected chi connectivity index (χ0v) is 13.2. The minimum Gasteiger partial charge on any atom is -0.335 e. The molecule has 20 heavy (non-hydrogen) atoms. The van der Waals surface area contributed by atoms with Crippen LogP contribution >= 0.6 is 15.9 Å². The number of carbonyl (C=O) groups excluding carboxylic acids is 1. The Kier molecular flexibility index (Phi) is 4.41. The average Bonchev–Trinajstić information content (AvgIpc) is 2.46. The lowest BCUT2D eigenvalue weighted by atomic mass is 10.0. The monoisotopic (exact) mass is 336 g/mol. The van der Waals surface area contributed by atoms with Crippen molar-refractivity contribution in [3.05, 3.63) is 28.5 Å². The summed E-state index contributed by atoms with van der Waals surface area (Å²) in [5, 5.41) is 9.14. The molecule has 0 aromatic carbocycles. The summed E-state index contributed by atoms with van der Waals surface area (Å²) in [7, 11) is 0. The standard InChI is InChI=1S/C14H17BrN4O/c1-14(2,10-16)19-8-6-18(7-9-19)13(20)11-4-3-5-12(15)17-11/h3-5H,6-9H2,1-2H3. The van der Waals surface area contributed by atoms with Gasteiger partial charge in [-0.05, 0) is 41.9 Å². The lowest BCUT2D eigenvalue weighted by Gasteiger charge is -2.40. The van der Waals surface area contributed by atoms with Gasteiger partial charge in [-0.3, -0.25) is 9.69 Å². The highest BCUT2D eigenvalue weighted by atomic mass is 79.9. The van der Waals surface area contributed by atoms with Crippen LogP contribution in [0.1, 0.15) is 24.3 Å². The second kappa shape index (κ2) is 5.90. The van der Waals surface area contributed by atoms with E-state index >= 15 is 0 Å². The lowest BCUT2D eigenvalue weighted by molar-refractivity contribution is 0.0516. The molecule has 106 valence electrons. The first kappa shape index (κ1) is 14.9. The van der Waals surface area contributed by atoms with Gasteiger partial charge < -0.3 is 4.90 Å². The molecule has 0 aliphatic carbocycles. The molecule has 1 aliphatic rings. The third-order valence-corrected chi connectivity index (χ3v) is 4.01. The van der Waals surface area contributed by atoms with Gasteiger partial charge in [-0.1, -0.05) is 6.07 Å². The summed E-state index contributed by atoms with van der Waals surface area (Å²) in [5.74, 6) is -0.0549. The minimum absolute atomic E-state index is 0.0549. The third kappa shape index (κ3) is 3.17. The molecule has 0 unspecified atom stereocenters. The molecule has 1 aromatic rings. The molecule has 5 nitrogen and oxygen atoms in total. The Labute approximate surface area is 127 Å². The van der Waals surface area contributed by atoms with E-state index < -0.39 is 5.54 Å². The normalized spacial score (nSPS) is 16.8. The summed E-state index contributed by atoms with van der Waals surface area (Å²) in [5.41, 5.74) is -0.0317. The van der Waals surface area contributed by atoms with E-state index in [1.54, 1.807) is 23.1 Å². The molecule has 0 spiro atoms. The lowest BCUT2D eigenvalue weighted by Crippen LogP contribution is -2.55. The number of hydrogen-bond acceptors (Lipinski definition) is 4. The minimum atomic E-state index is -0.483. The van der Waals surface area contributed by atoms with E-state index in [0.717, 1.165) is 0 Å². The molecule has 1 aliphatic heterocycles. The topological polar surface area (TPSA) is 60.2 Å². The van der Waals surface area contributed by atoms with Gasteiger partial charge in [-0.15, -0.1) is 0 Å². The van der Waals surface area contributed by atoms with Gasteiger partial charge in [0.25, 0.3) is 5.91 Å². The Balaban J connectivity index is 2.01. The smallest absolute Gasteiger partial charge is 0.272 e. The molecule has 1 amide bonds. The van der Waals surface area contributed by atoms with Gasteiger partial charge >= 0.3 is 0 Å². The van der Waals surface area contributed by atoms with E-state index in [0.29, 0.717) is 36.5 Å². The Bertz CT molecular complexity index is 544. The van der Waals surface area contributed by atoms with Crippen LogP contribution in [0.3, 0.4) is 0 Å². The van der Waals surface area contributed by atoms with Crippen LogP contribution in [-0.2, 0) is 0 Å². The van der Waals surface area contributed by atoms with Crippen LogP contribution in [0, 0.1) is 11.3 Å². The van der Waals surface area contributed by atoms with Crippen molar-refractivity contribution in [1.82, 2.24) is 14.8 Å². The predicted molar refractivity (Wildman–Crippen MR) is 79.1 cm³/mol. The summed E-state index contributed by atoms with van der Waals surface area (Å²) in [6, 6.07) is 7.62. The Hall–Kier alpha value is -1.45. The van der Waals surface area contributed by atoms with Crippen molar-refractivity contribution in [2.45, 2.75) is 19.4 Å². The summed E-state index contributed by atoms with van der Waals surface area (Å²) >= 11 is 3.27. The first-order valence-corrected chi connectivity index (χ1v) is 7.31. The Morgan fingerprint density at radius 3 is 2.55 bits per heavy atom. The summed E-state index contributed by atoms with van der Waals surface area (Å²) in [6.45, 7) is 6.47. The fourth-order valence-corrected chi connectivity index (χ4v) is 2.57. The SMILES string of the molecule is CC(C)(C#N)N1CCN(C(=O)c2cccc(Br)n2)CC1. The Morgan fingerprint density at radius 2 is 2.00 bits per heavy atom. The van der Waals surface area contributed by atoms with E-state index in [1.807, 2.05) is 13.8 Å². The van der Waals surface area contributed by atoms with Crippen LogP contribution in [0.2, 0.25) is 0 Å². The largest absolute Gasteiger partial charge is 0.335 e. The highest BCUT2D eigenvalue weighted by Crippen LogP contribution is 2.17. The second-order valence-corrected chi connectivity index (χ2v) is 6.11. The molecule has 6 heteroatoms. The molecule has 1 fully saturated rings. The first-order chi connectivity index (χ1) is 9.44. The third-order valence-electron chi connectivity index (χ3n) is 3.57. The van der Waals surface area contributed by atoms with Crippen molar-refractivity contribution in [3.8, 4) is 6.07 Å². The van der Waals surface area contributed by atoms with Crippen molar-refractivity contribution >= 4 is 21.8 Å². The molecular weight excluding hydrogens is 320 g/mol. The van der Waals surface area contributed by atoms with Crippen LogP contribution in [-0.4, -0.2) is 52.4 Å². The maximum atomic E-state index is 12.3. The summed E-state index contributed by atoms with van der Waals surface area (Å²) < 4.78 is 0.660. The summed E-state index contributed by atoms with van der Waals surface area (Å²) in [6.07, 6.45) is 0. The molecule has 0 saturated carbocycles. The van der Waals surface area contributed by atoms with Crippen LogP contribution < -0.4 is 0 Å². The zero-order valence-electron chi connectivity index (χ0n) is 11.6. The molecule has 0 bridgehead atoms. The fraction of sp³-hybridized carbons (Fsp3) is 0.500. The predicted octanol–water partition coefficient (Wildman–Crippen LogP) is 1.90. The molecular formula is C14H17BrN4O. The van der Waals surface area contributed by atoms with Crippen LogP contribution in [0.5, 0.6) is 0 Å². The molecule has 1 saturated heterocycles. The van der Waals surface area contributed by atoms with Crippen LogP contribution in [0.25, 0.3) is 0 Å². The molecule has 1 aromatic heterocycles. The van der Waals surface area contributed by atoms with Gasteiger partial charge in [0.1, 0.15) is 15.8 Å². The molecule has 2 rings (SSSR count). The van der Waals surface area contributed by atoms with Crippen LogP contribution in [0.4, 0.5) is 0 Å². The number of amides is 1. The van der Waals surface area contributed by atoms with Gasteiger partial charge in [0.15, 0.2) is 0 Å². The van der Waals surface area contributed by atoms with Crippen molar-refractivity contribution in [2.75, 3.05) is 26.2 Å². The molecule has 0 radical (unpaired) electrons. The van der Waals surface area contributed by atoms with Crippen molar-refractivity contribution in [3.63, 3.8) is 0 Å². The zero-order chi connectivity index (χ0) is 14.8. The second-order valence-electron chi connectivity index (χ2n) is 5.30. The number of piperazine rings is 1. The quantitative estimate of drug-likeness (QED) is 0.774. The van der Waals surface area contributed by atoms with E-state index in [4.69, 9.17) is 5.26 Å². The number of pyridine rings is 1. The molecule has 0 N–H and O–H groups in total. The van der Waals surface area contributed by atoms with E-state index in [1.165, 1.54) is 0 Å². The van der Waals surface area contributed by atoms with Gasteiger partial charge in [-0.2, -0.15) is 5.26 Å². The number of hydrogen-bond donors (Lipinski definition) is 0. The van der Waals surface area contributed by atoms with E-state index in [-0.39, 0.29) is 5.91 Å². The number of carbonyl (C=O) groups is 1. The first-order valence-electron chi connectivity index (χ1n) is 6.52. The fourth-order valence-electron chi connectivity index (χ4n) is 2.23. The van der Waals surface area contributed by atoms with Crippen LogP contribution in [0.15, 0.2) is 22.8 Å². The molecule has 2 heterocycles. The van der Waals surface area contributed by atoms with Gasteiger partial charge in [-0.25, -0.2) is 4.98 Å².